The second kappa shape index (κ2) is 8.21. The van der Waals surface area contributed by atoms with E-state index >= 15 is 0 Å². The SMILES string of the molecule is COCCCC(NC(=O)Nc1ccc(F)c(C)c1)C(=O)O. The molecule has 1 aromatic rings. The molecule has 21 heavy (non-hydrogen) atoms. The van der Waals surface area contributed by atoms with Crippen molar-refractivity contribution in [3.8, 4) is 0 Å². The molecule has 6 nitrogen and oxygen atoms in total. The fraction of sp³-hybridized carbons (Fsp3) is 0.429. The second-order valence-corrected chi connectivity index (χ2v) is 4.59. The maximum atomic E-state index is 13.1. The summed E-state index contributed by atoms with van der Waals surface area (Å²) in [6.07, 6.45) is 0.780. The summed E-state index contributed by atoms with van der Waals surface area (Å²) in [4.78, 5) is 22.8. The van der Waals surface area contributed by atoms with Gasteiger partial charge in [-0.15, -0.1) is 0 Å². The maximum Gasteiger partial charge on any atom is 0.326 e. The maximum absolute atomic E-state index is 13.1. The zero-order valence-electron chi connectivity index (χ0n) is 12.0. The number of carboxylic acid groups (broad SMARTS) is 1. The number of methoxy groups -OCH3 is 1. The number of urea groups is 1. The number of halogens is 1. The normalized spacial score (nSPS) is 11.8. The van der Waals surface area contributed by atoms with Crippen molar-refractivity contribution in [1.29, 1.82) is 0 Å². The third-order valence-corrected chi connectivity index (χ3v) is 2.86. The van der Waals surface area contributed by atoms with Gasteiger partial charge in [0.1, 0.15) is 11.9 Å². The van der Waals surface area contributed by atoms with Crippen LogP contribution in [0.25, 0.3) is 0 Å². The van der Waals surface area contributed by atoms with Gasteiger partial charge in [-0.1, -0.05) is 0 Å². The Kier molecular flexibility index (Phi) is 6.61. The van der Waals surface area contributed by atoms with Crippen LogP contribution >= 0.6 is 0 Å². The van der Waals surface area contributed by atoms with Crippen molar-refractivity contribution in [2.24, 2.45) is 0 Å². The molecule has 0 aromatic heterocycles. The molecule has 0 bridgehead atoms. The van der Waals surface area contributed by atoms with Crippen LogP contribution in [0.4, 0.5) is 14.9 Å². The van der Waals surface area contributed by atoms with E-state index in [4.69, 9.17) is 9.84 Å². The molecule has 116 valence electrons. The van der Waals surface area contributed by atoms with Crippen molar-refractivity contribution in [2.45, 2.75) is 25.8 Å². The van der Waals surface area contributed by atoms with Gasteiger partial charge in [0.05, 0.1) is 0 Å². The number of amides is 2. The van der Waals surface area contributed by atoms with Crippen molar-refractivity contribution in [3.05, 3.63) is 29.6 Å². The Morgan fingerprint density at radius 1 is 1.43 bits per heavy atom. The van der Waals surface area contributed by atoms with Gasteiger partial charge in [-0.05, 0) is 43.5 Å². The van der Waals surface area contributed by atoms with Gasteiger partial charge in [0.2, 0.25) is 0 Å². The zero-order chi connectivity index (χ0) is 15.8. The topological polar surface area (TPSA) is 87.7 Å². The van der Waals surface area contributed by atoms with Crippen LogP contribution in [0.15, 0.2) is 18.2 Å². The van der Waals surface area contributed by atoms with E-state index in [0.29, 0.717) is 24.3 Å². The highest BCUT2D eigenvalue weighted by Gasteiger charge is 2.19. The molecule has 1 unspecified atom stereocenters. The van der Waals surface area contributed by atoms with Crippen molar-refractivity contribution < 1.29 is 23.8 Å². The van der Waals surface area contributed by atoms with E-state index in [1.165, 1.54) is 25.3 Å². The number of carbonyl (C=O) groups is 2. The van der Waals surface area contributed by atoms with Crippen molar-refractivity contribution in [1.82, 2.24) is 5.32 Å². The van der Waals surface area contributed by atoms with Crippen LogP contribution < -0.4 is 10.6 Å². The standard InChI is InChI=1S/C14H19FN2O4/c1-9-8-10(5-6-11(9)15)16-14(20)17-12(13(18)19)4-3-7-21-2/h5-6,8,12H,3-4,7H2,1-2H3,(H,18,19)(H2,16,17,20). The number of benzene rings is 1. The second-order valence-electron chi connectivity index (χ2n) is 4.59. The molecule has 1 aromatic carbocycles. The molecule has 0 saturated carbocycles. The Morgan fingerprint density at radius 2 is 2.14 bits per heavy atom. The summed E-state index contributed by atoms with van der Waals surface area (Å²) >= 11 is 0. The monoisotopic (exact) mass is 298 g/mol. The first-order chi connectivity index (χ1) is 9.93. The van der Waals surface area contributed by atoms with E-state index in [1.807, 2.05) is 0 Å². The number of carboxylic acids is 1. The third kappa shape index (κ3) is 5.78. The third-order valence-electron chi connectivity index (χ3n) is 2.86. The summed E-state index contributed by atoms with van der Waals surface area (Å²) in [5.41, 5.74) is 0.787. The number of nitrogens with one attached hydrogen (secondary N) is 2. The molecule has 0 aliphatic rings. The number of rotatable bonds is 7. The fourth-order valence-electron chi connectivity index (χ4n) is 1.74. The predicted molar refractivity (Wildman–Crippen MR) is 75.8 cm³/mol. The van der Waals surface area contributed by atoms with E-state index in [-0.39, 0.29) is 12.2 Å². The number of aliphatic carboxylic acids is 1. The average molecular weight is 298 g/mol. The van der Waals surface area contributed by atoms with E-state index in [2.05, 4.69) is 10.6 Å². The van der Waals surface area contributed by atoms with Gasteiger partial charge in [-0.2, -0.15) is 0 Å². The minimum Gasteiger partial charge on any atom is -0.480 e. The Hall–Kier alpha value is -2.15. The largest absolute Gasteiger partial charge is 0.480 e. The number of hydrogen-bond acceptors (Lipinski definition) is 3. The average Bonchev–Trinajstić information content (AvgIpc) is 2.42. The van der Waals surface area contributed by atoms with E-state index in [0.717, 1.165) is 0 Å². The van der Waals surface area contributed by atoms with Crippen molar-refractivity contribution in [3.63, 3.8) is 0 Å². The highest BCUT2D eigenvalue weighted by Crippen LogP contribution is 2.13. The lowest BCUT2D eigenvalue weighted by Gasteiger charge is -2.15. The summed E-state index contributed by atoms with van der Waals surface area (Å²) in [6.45, 7) is 1.99. The Balaban J connectivity index is 2.56. The molecule has 0 saturated heterocycles. The van der Waals surface area contributed by atoms with E-state index < -0.39 is 18.0 Å². The summed E-state index contributed by atoms with van der Waals surface area (Å²) in [6, 6.07) is 2.46. The molecular weight excluding hydrogens is 279 g/mol. The first-order valence-corrected chi connectivity index (χ1v) is 6.49. The Morgan fingerprint density at radius 3 is 2.71 bits per heavy atom. The van der Waals surface area contributed by atoms with Crippen LogP contribution in [0.3, 0.4) is 0 Å². The van der Waals surface area contributed by atoms with Crippen LogP contribution in [-0.2, 0) is 9.53 Å². The van der Waals surface area contributed by atoms with Gasteiger partial charge in [0.15, 0.2) is 0 Å². The molecule has 0 fully saturated rings. The molecule has 0 aliphatic carbocycles. The Bertz CT molecular complexity index is 508. The van der Waals surface area contributed by atoms with Crippen LogP contribution in [0.2, 0.25) is 0 Å². The lowest BCUT2D eigenvalue weighted by atomic mass is 10.1. The van der Waals surface area contributed by atoms with Crippen LogP contribution in [0, 0.1) is 12.7 Å². The highest BCUT2D eigenvalue weighted by atomic mass is 19.1. The summed E-state index contributed by atoms with van der Waals surface area (Å²) in [7, 11) is 1.52. The fourth-order valence-corrected chi connectivity index (χ4v) is 1.74. The van der Waals surface area contributed by atoms with Gasteiger partial charge >= 0.3 is 12.0 Å². The van der Waals surface area contributed by atoms with Crippen molar-refractivity contribution in [2.75, 3.05) is 19.0 Å². The van der Waals surface area contributed by atoms with Crippen LogP contribution in [0.5, 0.6) is 0 Å². The first kappa shape index (κ1) is 16.9. The van der Waals surface area contributed by atoms with Crippen LogP contribution in [0.1, 0.15) is 18.4 Å². The number of ether oxygens (including phenoxy) is 1. The van der Waals surface area contributed by atoms with E-state index in [1.54, 1.807) is 6.92 Å². The molecule has 7 heteroatoms. The number of carbonyl (C=O) groups excluding carboxylic acids is 1. The molecule has 0 heterocycles. The smallest absolute Gasteiger partial charge is 0.326 e. The minimum absolute atomic E-state index is 0.263. The zero-order valence-corrected chi connectivity index (χ0v) is 12.0. The molecule has 1 atom stereocenters. The minimum atomic E-state index is -1.11. The van der Waals surface area contributed by atoms with E-state index in [9.17, 15) is 14.0 Å². The predicted octanol–water partition coefficient (Wildman–Crippen LogP) is 2.14. The molecule has 0 radical (unpaired) electrons. The lowest BCUT2D eigenvalue weighted by Crippen LogP contribution is -2.43. The summed E-state index contributed by atoms with van der Waals surface area (Å²) in [5.74, 6) is -1.49. The molecular formula is C14H19FN2O4. The molecule has 2 amide bonds. The summed E-state index contributed by atoms with van der Waals surface area (Å²) < 4.78 is 17.9. The highest BCUT2D eigenvalue weighted by molar-refractivity contribution is 5.92. The Labute approximate surface area is 122 Å². The van der Waals surface area contributed by atoms with Gasteiger partial charge < -0.3 is 20.5 Å². The van der Waals surface area contributed by atoms with Gasteiger partial charge in [-0.25, -0.2) is 14.0 Å². The van der Waals surface area contributed by atoms with Gasteiger partial charge in [-0.3, -0.25) is 0 Å². The first-order valence-electron chi connectivity index (χ1n) is 6.49. The lowest BCUT2D eigenvalue weighted by molar-refractivity contribution is -0.139. The number of aryl methyl sites for hydroxylation is 1. The van der Waals surface area contributed by atoms with Crippen LogP contribution in [-0.4, -0.2) is 36.9 Å². The molecule has 0 spiro atoms. The van der Waals surface area contributed by atoms with Gasteiger partial charge in [0, 0.05) is 19.4 Å². The number of anilines is 1. The quantitative estimate of drug-likeness (QED) is 0.673. The molecule has 1 rings (SSSR count). The van der Waals surface area contributed by atoms with Crippen molar-refractivity contribution >= 4 is 17.7 Å². The molecule has 0 aliphatic heterocycles. The number of hydrogen-bond donors (Lipinski definition) is 3. The van der Waals surface area contributed by atoms with Gasteiger partial charge in [0.25, 0.3) is 0 Å². The molecule has 3 N–H and O–H groups in total. The summed E-state index contributed by atoms with van der Waals surface area (Å²) in [5, 5.41) is 13.9.